The van der Waals surface area contributed by atoms with Crippen molar-refractivity contribution in [1.82, 2.24) is 9.78 Å². The second-order valence-electron chi connectivity index (χ2n) is 4.65. The van der Waals surface area contributed by atoms with Crippen LogP contribution in [0.1, 0.15) is 23.2 Å². The van der Waals surface area contributed by atoms with Gasteiger partial charge in [-0.15, -0.1) is 0 Å². The Morgan fingerprint density at radius 3 is 2.75 bits per heavy atom. The van der Waals surface area contributed by atoms with Gasteiger partial charge in [-0.1, -0.05) is 18.2 Å². The summed E-state index contributed by atoms with van der Waals surface area (Å²) in [6.07, 6.45) is -2.65. The van der Waals surface area contributed by atoms with Gasteiger partial charge in [-0.25, -0.2) is 0 Å². The highest BCUT2D eigenvalue weighted by molar-refractivity contribution is 5.38. The van der Waals surface area contributed by atoms with Crippen molar-refractivity contribution in [2.75, 3.05) is 6.61 Å². The van der Waals surface area contributed by atoms with Crippen molar-refractivity contribution in [3.8, 4) is 5.75 Å². The first-order valence-electron chi connectivity index (χ1n) is 6.05. The molecule has 3 rings (SSSR count). The molecular weight excluding hydrogens is 271 g/mol. The zero-order valence-corrected chi connectivity index (χ0v) is 10.3. The molecule has 1 aromatic heterocycles. The van der Waals surface area contributed by atoms with Crippen LogP contribution in [0.3, 0.4) is 0 Å². The van der Waals surface area contributed by atoms with Crippen molar-refractivity contribution in [2.24, 2.45) is 5.73 Å². The molecule has 20 heavy (non-hydrogen) atoms. The van der Waals surface area contributed by atoms with Gasteiger partial charge in [0.15, 0.2) is 0 Å². The SMILES string of the molecule is NC1c2ccccc2OCC1n1cc(C(F)(F)F)cn1. The van der Waals surface area contributed by atoms with Crippen LogP contribution in [0.2, 0.25) is 0 Å². The van der Waals surface area contributed by atoms with Gasteiger partial charge in [0.05, 0.1) is 17.8 Å². The predicted molar refractivity (Wildman–Crippen MR) is 65.1 cm³/mol. The average molecular weight is 283 g/mol. The largest absolute Gasteiger partial charge is 0.491 e. The monoisotopic (exact) mass is 283 g/mol. The van der Waals surface area contributed by atoms with Crippen molar-refractivity contribution in [3.63, 3.8) is 0 Å². The van der Waals surface area contributed by atoms with E-state index >= 15 is 0 Å². The topological polar surface area (TPSA) is 53.1 Å². The molecule has 0 bridgehead atoms. The molecule has 0 saturated heterocycles. The van der Waals surface area contributed by atoms with E-state index in [-0.39, 0.29) is 6.61 Å². The third-order valence-electron chi connectivity index (χ3n) is 3.37. The van der Waals surface area contributed by atoms with Crippen LogP contribution in [-0.4, -0.2) is 16.4 Å². The van der Waals surface area contributed by atoms with Crippen LogP contribution in [0.5, 0.6) is 5.75 Å². The third kappa shape index (κ3) is 2.14. The van der Waals surface area contributed by atoms with Gasteiger partial charge in [-0.3, -0.25) is 4.68 Å². The molecule has 0 spiro atoms. The van der Waals surface area contributed by atoms with Gasteiger partial charge < -0.3 is 10.5 Å². The summed E-state index contributed by atoms with van der Waals surface area (Å²) in [5.41, 5.74) is 6.10. The van der Waals surface area contributed by atoms with Crippen molar-refractivity contribution in [1.29, 1.82) is 0 Å². The number of hydrogen-bond acceptors (Lipinski definition) is 3. The van der Waals surface area contributed by atoms with E-state index in [0.717, 1.165) is 18.0 Å². The van der Waals surface area contributed by atoms with E-state index < -0.39 is 23.8 Å². The highest BCUT2D eigenvalue weighted by Gasteiger charge is 2.35. The Kier molecular flexibility index (Phi) is 2.93. The molecule has 2 atom stereocenters. The lowest BCUT2D eigenvalue weighted by molar-refractivity contribution is -0.137. The quantitative estimate of drug-likeness (QED) is 0.875. The maximum Gasteiger partial charge on any atom is 0.419 e. The molecule has 2 heterocycles. The van der Waals surface area contributed by atoms with Gasteiger partial charge in [0.1, 0.15) is 18.4 Å². The predicted octanol–water partition coefficient (Wildman–Crippen LogP) is 2.54. The summed E-state index contributed by atoms with van der Waals surface area (Å²) in [6, 6.07) is 6.31. The lowest BCUT2D eigenvalue weighted by Gasteiger charge is -2.31. The molecule has 106 valence electrons. The lowest BCUT2D eigenvalue weighted by atomic mass is 9.97. The number of benzene rings is 1. The summed E-state index contributed by atoms with van der Waals surface area (Å²) in [5.74, 6) is 0.666. The first-order valence-corrected chi connectivity index (χ1v) is 6.05. The van der Waals surface area contributed by atoms with E-state index in [4.69, 9.17) is 10.5 Å². The Hall–Kier alpha value is -2.02. The zero-order valence-electron chi connectivity index (χ0n) is 10.3. The number of alkyl halides is 3. The van der Waals surface area contributed by atoms with E-state index in [9.17, 15) is 13.2 Å². The molecule has 1 aliphatic heterocycles. The van der Waals surface area contributed by atoms with Crippen molar-refractivity contribution >= 4 is 0 Å². The standard InChI is InChI=1S/C13H12F3N3O/c14-13(15,16)8-5-18-19(6-8)10-7-20-11-4-2-1-3-9(11)12(10)17/h1-6,10,12H,7,17H2. The molecule has 2 N–H and O–H groups in total. The van der Waals surface area contributed by atoms with E-state index in [2.05, 4.69) is 5.10 Å². The van der Waals surface area contributed by atoms with Gasteiger partial charge in [-0.2, -0.15) is 18.3 Å². The lowest BCUT2D eigenvalue weighted by Crippen LogP contribution is -2.33. The van der Waals surface area contributed by atoms with Crippen LogP contribution >= 0.6 is 0 Å². The van der Waals surface area contributed by atoms with Gasteiger partial charge in [0, 0.05) is 11.8 Å². The Bertz CT molecular complexity index is 623. The molecule has 0 amide bonds. The summed E-state index contributed by atoms with van der Waals surface area (Å²) < 4.78 is 44.5. The van der Waals surface area contributed by atoms with Crippen molar-refractivity contribution in [2.45, 2.75) is 18.3 Å². The molecular formula is C13H12F3N3O. The molecule has 0 fully saturated rings. The summed E-state index contributed by atoms with van der Waals surface area (Å²) in [7, 11) is 0. The second-order valence-corrected chi connectivity index (χ2v) is 4.65. The number of nitrogens with two attached hydrogens (primary N) is 1. The smallest absolute Gasteiger partial charge is 0.419 e. The summed E-state index contributed by atoms with van der Waals surface area (Å²) in [5, 5.41) is 3.77. The van der Waals surface area contributed by atoms with Gasteiger partial charge in [-0.05, 0) is 6.07 Å². The Morgan fingerprint density at radius 1 is 1.30 bits per heavy atom. The molecule has 2 aromatic rings. The van der Waals surface area contributed by atoms with Gasteiger partial charge in [0.25, 0.3) is 0 Å². The number of hydrogen-bond donors (Lipinski definition) is 1. The number of ether oxygens (including phenoxy) is 1. The van der Waals surface area contributed by atoms with Crippen LogP contribution in [0.15, 0.2) is 36.7 Å². The zero-order chi connectivity index (χ0) is 14.3. The molecule has 4 nitrogen and oxygen atoms in total. The van der Waals surface area contributed by atoms with E-state index in [1.165, 1.54) is 4.68 Å². The molecule has 1 aromatic carbocycles. The van der Waals surface area contributed by atoms with Crippen molar-refractivity contribution < 1.29 is 17.9 Å². The second kappa shape index (κ2) is 4.52. The van der Waals surface area contributed by atoms with E-state index in [0.29, 0.717) is 5.75 Å². The Labute approximate surface area is 112 Å². The Morgan fingerprint density at radius 2 is 2.05 bits per heavy atom. The first-order chi connectivity index (χ1) is 9.47. The third-order valence-corrected chi connectivity index (χ3v) is 3.37. The molecule has 7 heteroatoms. The van der Waals surface area contributed by atoms with E-state index in [1.807, 2.05) is 12.1 Å². The number of nitrogens with zero attached hydrogens (tertiary/aromatic N) is 2. The first kappa shape index (κ1) is 13.0. The summed E-state index contributed by atoms with van der Waals surface area (Å²) >= 11 is 0. The number of fused-ring (bicyclic) bond motifs is 1. The molecule has 0 aliphatic carbocycles. The van der Waals surface area contributed by atoms with Gasteiger partial charge >= 0.3 is 6.18 Å². The number of rotatable bonds is 1. The summed E-state index contributed by atoms with van der Waals surface area (Å²) in [4.78, 5) is 0. The minimum Gasteiger partial charge on any atom is -0.491 e. The molecule has 2 unspecified atom stereocenters. The molecule has 0 radical (unpaired) electrons. The summed E-state index contributed by atoms with van der Waals surface area (Å²) in [6.45, 7) is 0.192. The minimum absolute atomic E-state index is 0.192. The minimum atomic E-state index is -4.41. The normalized spacial score (nSPS) is 22.2. The Balaban J connectivity index is 1.91. The van der Waals surface area contributed by atoms with Crippen LogP contribution in [0, 0.1) is 0 Å². The maximum absolute atomic E-state index is 12.6. The van der Waals surface area contributed by atoms with Crippen LogP contribution in [-0.2, 0) is 6.18 Å². The average Bonchev–Trinajstić information content (AvgIpc) is 2.89. The number of para-hydroxylation sites is 1. The van der Waals surface area contributed by atoms with Crippen LogP contribution in [0.25, 0.3) is 0 Å². The van der Waals surface area contributed by atoms with Crippen LogP contribution in [0.4, 0.5) is 13.2 Å². The van der Waals surface area contributed by atoms with Crippen molar-refractivity contribution in [3.05, 3.63) is 47.8 Å². The highest BCUT2D eigenvalue weighted by Crippen LogP contribution is 2.37. The fourth-order valence-electron chi connectivity index (χ4n) is 2.28. The molecule has 0 saturated carbocycles. The van der Waals surface area contributed by atoms with Crippen LogP contribution < -0.4 is 10.5 Å². The van der Waals surface area contributed by atoms with Gasteiger partial charge in [0.2, 0.25) is 0 Å². The fraction of sp³-hybridized carbons (Fsp3) is 0.308. The fourth-order valence-corrected chi connectivity index (χ4v) is 2.28. The highest BCUT2D eigenvalue weighted by atomic mass is 19.4. The molecule has 1 aliphatic rings. The number of aromatic nitrogens is 2. The maximum atomic E-state index is 12.6. The number of halogens is 3. The van der Waals surface area contributed by atoms with E-state index in [1.54, 1.807) is 12.1 Å².